The second kappa shape index (κ2) is 13.1. The van der Waals surface area contributed by atoms with Crippen LogP contribution < -0.4 is 9.80 Å². The van der Waals surface area contributed by atoms with Gasteiger partial charge < -0.3 is 9.80 Å². The summed E-state index contributed by atoms with van der Waals surface area (Å²) in [5.41, 5.74) is 4.98. The van der Waals surface area contributed by atoms with Gasteiger partial charge in [0.1, 0.15) is 5.78 Å². The highest BCUT2D eigenvalue weighted by Crippen LogP contribution is 2.22. The van der Waals surface area contributed by atoms with E-state index in [1.165, 1.54) is 74.4 Å². The van der Waals surface area contributed by atoms with Crippen molar-refractivity contribution in [2.45, 2.75) is 39.5 Å². The smallest absolute Gasteiger partial charge is 0.145 e. The summed E-state index contributed by atoms with van der Waals surface area (Å²) in [6.07, 6.45) is 21.3. The van der Waals surface area contributed by atoms with Gasteiger partial charge in [0.2, 0.25) is 0 Å². The number of Topliss-reactive ketones (excluding diaryl/α,β-unsaturated/α-hetero) is 1. The van der Waals surface area contributed by atoms with E-state index in [0.29, 0.717) is 0 Å². The summed E-state index contributed by atoms with van der Waals surface area (Å²) in [4.78, 5) is 17.6. The maximum Gasteiger partial charge on any atom is 0.145 e. The van der Waals surface area contributed by atoms with Crippen LogP contribution in [0.4, 0.5) is 11.4 Å². The molecule has 36 heavy (non-hydrogen) atoms. The average Bonchev–Trinajstić information content (AvgIpc) is 3.64. The Bertz CT molecular complexity index is 992. The minimum Gasteiger partial charge on any atom is -0.372 e. The second-order valence-electron chi connectivity index (χ2n) is 10.0. The molecule has 2 heterocycles. The van der Waals surface area contributed by atoms with Crippen LogP contribution in [0.25, 0.3) is 12.2 Å². The fourth-order valence-corrected chi connectivity index (χ4v) is 4.94. The highest BCUT2D eigenvalue weighted by atomic mass is 16.1. The van der Waals surface area contributed by atoms with Crippen LogP contribution in [0.1, 0.15) is 50.7 Å². The molecule has 2 aliphatic rings. The van der Waals surface area contributed by atoms with Gasteiger partial charge in [0, 0.05) is 49.4 Å². The van der Waals surface area contributed by atoms with E-state index in [1.807, 2.05) is 50.3 Å². The van der Waals surface area contributed by atoms with Gasteiger partial charge in [-0.15, -0.1) is 0 Å². The maximum absolute atomic E-state index is 12.7. The third-order valence-electron chi connectivity index (χ3n) is 7.23. The zero-order valence-electron chi connectivity index (χ0n) is 21.9. The van der Waals surface area contributed by atoms with Gasteiger partial charge in [-0.3, -0.25) is 4.79 Å². The number of nitrogens with zero attached hydrogens (tertiary/aromatic N) is 2. The fourth-order valence-electron chi connectivity index (χ4n) is 4.94. The van der Waals surface area contributed by atoms with Crippen LogP contribution in [0, 0.1) is 11.8 Å². The molecule has 3 nitrogen and oxygen atoms in total. The van der Waals surface area contributed by atoms with Crippen LogP contribution in [0.3, 0.4) is 0 Å². The molecule has 0 radical (unpaired) electrons. The van der Waals surface area contributed by atoms with Crippen LogP contribution in [0.15, 0.2) is 85.0 Å². The molecule has 2 aromatic carbocycles. The van der Waals surface area contributed by atoms with Crippen molar-refractivity contribution < 1.29 is 4.79 Å². The molecule has 2 atom stereocenters. The zero-order chi connectivity index (χ0) is 25.2. The molecule has 2 saturated heterocycles. The van der Waals surface area contributed by atoms with Crippen molar-refractivity contribution in [1.29, 1.82) is 0 Å². The number of anilines is 2. The van der Waals surface area contributed by atoms with Gasteiger partial charge in [-0.25, -0.2) is 0 Å². The predicted octanol–water partition coefficient (Wildman–Crippen LogP) is 7.57. The normalized spacial score (nSPS) is 18.4. The van der Waals surface area contributed by atoms with Gasteiger partial charge in [-0.05, 0) is 61.1 Å². The number of carbonyl (C=O) groups is 1. The number of allylic oxidation sites excluding steroid dienone is 6. The van der Waals surface area contributed by atoms with Gasteiger partial charge in [0.05, 0.1) is 0 Å². The average molecular weight is 481 g/mol. The van der Waals surface area contributed by atoms with Gasteiger partial charge in [0.25, 0.3) is 0 Å². The third-order valence-corrected chi connectivity index (χ3v) is 7.23. The Morgan fingerprint density at radius 2 is 0.972 bits per heavy atom. The van der Waals surface area contributed by atoms with E-state index in [-0.39, 0.29) is 17.6 Å². The summed E-state index contributed by atoms with van der Waals surface area (Å²) in [5, 5.41) is 0. The summed E-state index contributed by atoms with van der Waals surface area (Å²) in [5.74, 6) is -0.00265. The lowest BCUT2D eigenvalue weighted by molar-refractivity contribution is -0.123. The van der Waals surface area contributed by atoms with E-state index in [1.54, 1.807) is 0 Å². The molecule has 3 heteroatoms. The summed E-state index contributed by atoms with van der Waals surface area (Å²) in [7, 11) is 0. The Morgan fingerprint density at radius 3 is 1.33 bits per heavy atom. The Morgan fingerprint density at radius 1 is 0.611 bits per heavy atom. The molecule has 0 aromatic heterocycles. The first kappa shape index (κ1) is 25.8. The Labute approximate surface area is 217 Å². The topological polar surface area (TPSA) is 23.6 Å². The largest absolute Gasteiger partial charge is 0.372 e. The summed E-state index contributed by atoms with van der Waals surface area (Å²) < 4.78 is 0. The highest BCUT2D eigenvalue weighted by Gasteiger charge is 2.15. The summed E-state index contributed by atoms with van der Waals surface area (Å²) in [6.45, 7) is 8.61. The molecular weight excluding hydrogens is 440 g/mol. The number of hydrogen-bond acceptors (Lipinski definition) is 3. The zero-order valence-corrected chi connectivity index (χ0v) is 21.9. The lowest BCUT2D eigenvalue weighted by Gasteiger charge is -2.17. The quantitative estimate of drug-likeness (QED) is 0.328. The van der Waals surface area contributed by atoms with Crippen LogP contribution in [-0.4, -0.2) is 32.0 Å². The molecule has 0 N–H and O–H groups in total. The van der Waals surface area contributed by atoms with Crippen molar-refractivity contribution in [3.8, 4) is 0 Å². The SMILES string of the molecule is CC(C=CC=Cc1ccc(N2CCCC2)cc1)C(=O)C(C)C=CC=Cc1ccc(N2CCCC2)cc1. The first-order chi connectivity index (χ1) is 17.6. The number of rotatable bonds is 10. The molecule has 0 aliphatic carbocycles. The molecule has 0 amide bonds. The lowest BCUT2D eigenvalue weighted by Crippen LogP contribution is -2.17. The molecule has 2 fully saturated rings. The van der Waals surface area contributed by atoms with Crippen molar-refractivity contribution in [3.05, 3.63) is 96.1 Å². The molecule has 188 valence electrons. The van der Waals surface area contributed by atoms with Crippen molar-refractivity contribution in [3.63, 3.8) is 0 Å². The molecule has 0 spiro atoms. The summed E-state index contributed by atoms with van der Waals surface area (Å²) >= 11 is 0. The van der Waals surface area contributed by atoms with Crippen molar-refractivity contribution in [2.24, 2.45) is 11.8 Å². The minimum atomic E-state index is -0.117. The summed E-state index contributed by atoms with van der Waals surface area (Å²) in [6, 6.07) is 17.5. The first-order valence-corrected chi connectivity index (χ1v) is 13.5. The second-order valence-corrected chi connectivity index (χ2v) is 10.0. The lowest BCUT2D eigenvalue weighted by atomic mass is 9.94. The monoisotopic (exact) mass is 480 g/mol. The number of carbonyl (C=O) groups excluding carboxylic acids is 1. The van der Waals surface area contributed by atoms with E-state index in [4.69, 9.17) is 0 Å². The van der Waals surface area contributed by atoms with Gasteiger partial charge in [-0.2, -0.15) is 0 Å². The molecule has 0 bridgehead atoms. The highest BCUT2D eigenvalue weighted by molar-refractivity contribution is 5.86. The van der Waals surface area contributed by atoms with Crippen LogP contribution in [0.2, 0.25) is 0 Å². The first-order valence-electron chi connectivity index (χ1n) is 13.5. The fraction of sp³-hybridized carbons (Fsp3) is 0.364. The number of hydrogen-bond donors (Lipinski definition) is 0. The van der Waals surface area contributed by atoms with Gasteiger partial charge in [0.15, 0.2) is 0 Å². The predicted molar refractivity (Wildman–Crippen MR) is 155 cm³/mol. The maximum atomic E-state index is 12.7. The molecule has 2 aromatic rings. The van der Waals surface area contributed by atoms with Gasteiger partial charge in [-0.1, -0.05) is 86.7 Å². The third kappa shape index (κ3) is 7.34. The van der Waals surface area contributed by atoms with E-state index >= 15 is 0 Å². The van der Waals surface area contributed by atoms with Crippen molar-refractivity contribution >= 4 is 29.3 Å². The molecule has 2 aliphatic heterocycles. The van der Waals surface area contributed by atoms with Crippen molar-refractivity contribution in [1.82, 2.24) is 0 Å². The molecule has 4 rings (SSSR count). The number of benzene rings is 2. The molecule has 0 saturated carbocycles. The van der Waals surface area contributed by atoms with Crippen LogP contribution in [-0.2, 0) is 4.79 Å². The Kier molecular flexibility index (Phi) is 9.38. The van der Waals surface area contributed by atoms with E-state index < -0.39 is 0 Å². The standard InChI is InChI=1S/C33H40N2O/c1-27(11-3-5-13-29-15-19-31(20-16-29)34-23-7-8-24-34)33(36)28(2)12-4-6-14-30-17-21-32(22-18-30)35-25-9-10-26-35/h3-6,11-22,27-28H,7-10,23-26H2,1-2H3. The van der Waals surface area contributed by atoms with Gasteiger partial charge >= 0.3 is 0 Å². The van der Waals surface area contributed by atoms with Crippen molar-refractivity contribution in [2.75, 3.05) is 36.0 Å². The van der Waals surface area contributed by atoms with Crippen LogP contribution in [0.5, 0.6) is 0 Å². The Balaban J connectivity index is 1.21. The van der Waals surface area contributed by atoms with E-state index in [9.17, 15) is 4.79 Å². The minimum absolute atomic E-state index is 0.117. The van der Waals surface area contributed by atoms with Crippen LogP contribution >= 0.6 is 0 Å². The van der Waals surface area contributed by atoms with E-state index in [2.05, 4.69) is 70.5 Å². The number of ketones is 1. The molecular formula is C33H40N2O. The Hall–Kier alpha value is -3.33. The molecule has 2 unspecified atom stereocenters. The van der Waals surface area contributed by atoms with E-state index in [0.717, 1.165) is 0 Å².